The maximum absolute atomic E-state index is 12.0. The zero-order chi connectivity index (χ0) is 14.7. The highest BCUT2D eigenvalue weighted by molar-refractivity contribution is 5.95. The van der Waals surface area contributed by atoms with Crippen LogP contribution in [0.25, 0.3) is 0 Å². The molecule has 0 fully saturated rings. The number of rotatable bonds is 4. The minimum atomic E-state index is -0.367. The van der Waals surface area contributed by atoms with Crippen LogP contribution in [0.15, 0.2) is 28.8 Å². The first-order valence-electron chi connectivity index (χ1n) is 6.53. The Hall–Kier alpha value is -2.30. The number of carbonyl (C=O) groups excluding carboxylic acids is 1. The first kappa shape index (κ1) is 14.1. The molecule has 5 heteroatoms. The van der Waals surface area contributed by atoms with Crippen LogP contribution in [0.1, 0.15) is 23.8 Å². The molecule has 20 heavy (non-hydrogen) atoms. The standard InChI is InChI=1S/C15H19N3O2/c1-9-5-10(2)7-13(6-9)16-12(4)15(19)17-14-8-11(3)20-18-14/h5-8,12,16H,1-4H3,(H,17,18,19)/t12-/m0/s1. The number of anilines is 2. The molecule has 1 atom stereocenters. The molecular formula is C15H19N3O2. The Labute approximate surface area is 118 Å². The monoisotopic (exact) mass is 273 g/mol. The van der Waals surface area contributed by atoms with Crippen LogP contribution in [0.4, 0.5) is 11.5 Å². The summed E-state index contributed by atoms with van der Waals surface area (Å²) in [6.45, 7) is 7.64. The lowest BCUT2D eigenvalue weighted by Crippen LogP contribution is -2.32. The third kappa shape index (κ3) is 3.60. The van der Waals surface area contributed by atoms with Gasteiger partial charge in [0, 0.05) is 11.8 Å². The SMILES string of the molecule is Cc1cc(C)cc(N[C@@H](C)C(=O)Nc2cc(C)on2)c1. The molecule has 5 nitrogen and oxygen atoms in total. The van der Waals surface area contributed by atoms with E-state index in [1.807, 2.05) is 26.0 Å². The van der Waals surface area contributed by atoms with Crippen LogP contribution in [0, 0.1) is 20.8 Å². The number of benzene rings is 1. The molecule has 1 aromatic heterocycles. The molecule has 1 heterocycles. The predicted molar refractivity (Wildman–Crippen MR) is 78.9 cm³/mol. The number of aryl methyl sites for hydroxylation is 3. The molecule has 0 aliphatic rings. The lowest BCUT2D eigenvalue weighted by Gasteiger charge is -2.15. The summed E-state index contributed by atoms with van der Waals surface area (Å²) in [7, 11) is 0. The summed E-state index contributed by atoms with van der Waals surface area (Å²) in [6, 6.07) is 7.43. The number of amides is 1. The van der Waals surface area contributed by atoms with Gasteiger partial charge in [-0.1, -0.05) is 11.2 Å². The van der Waals surface area contributed by atoms with E-state index in [4.69, 9.17) is 4.52 Å². The Morgan fingerprint density at radius 3 is 2.35 bits per heavy atom. The number of nitrogens with one attached hydrogen (secondary N) is 2. The van der Waals surface area contributed by atoms with Gasteiger partial charge in [0.25, 0.3) is 0 Å². The summed E-state index contributed by atoms with van der Waals surface area (Å²) in [4.78, 5) is 12.0. The van der Waals surface area contributed by atoms with Gasteiger partial charge >= 0.3 is 0 Å². The van der Waals surface area contributed by atoms with Gasteiger partial charge in [0.05, 0.1) is 0 Å². The molecule has 2 N–H and O–H groups in total. The van der Waals surface area contributed by atoms with Crippen molar-refractivity contribution in [3.8, 4) is 0 Å². The van der Waals surface area contributed by atoms with Crippen molar-refractivity contribution < 1.29 is 9.32 Å². The Morgan fingerprint density at radius 1 is 1.15 bits per heavy atom. The highest BCUT2D eigenvalue weighted by Gasteiger charge is 2.14. The molecule has 0 saturated carbocycles. The molecule has 0 aliphatic carbocycles. The molecule has 2 rings (SSSR count). The number of hydrogen-bond acceptors (Lipinski definition) is 4. The van der Waals surface area contributed by atoms with Gasteiger partial charge in [-0.2, -0.15) is 0 Å². The molecule has 0 bridgehead atoms. The first-order valence-corrected chi connectivity index (χ1v) is 6.53. The Morgan fingerprint density at radius 2 is 1.80 bits per heavy atom. The fourth-order valence-corrected chi connectivity index (χ4v) is 2.03. The van der Waals surface area contributed by atoms with Crippen LogP contribution in [0.3, 0.4) is 0 Å². The van der Waals surface area contributed by atoms with Gasteiger partial charge < -0.3 is 15.2 Å². The van der Waals surface area contributed by atoms with E-state index in [9.17, 15) is 4.79 Å². The van der Waals surface area contributed by atoms with Crippen molar-refractivity contribution in [2.24, 2.45) is 0 Å². The van der Waals surface area contributed by atoms with Crippen molar-refractivity contribution in [2.75, 3.05) is 10.6 Å². The van der Waals surface area contributed by atoms with E-state index < -0.39 is 0 Å². The Bertz CT molecular complexity index is 599. The maximum atomic E-state index is 12.0. The second kappa shape index (κ2) is 5.77. The van der Waals surface area contributed by atoms with Gasteiger partial charge in [-0.25, -0.2) is 0 Å². The predicted octanol–water partition coefficient (Wildman–Crippen LogP) is 3.04. The van der Waals surface area contributed by atoms with E-state index in [0.29, 0.717) is 11.6 Å². The van der Waals surface area contributed by atoms with E-state index in [-0.39, 0.29) is 11.9 Å². The molecule has 0 spiro atoms. The smallest absolute Gasteiger partial charge is 0.247 e. The fourth-order valence-electron chi connectivity index (χ4n) is 2.03. The molecule has 0 radical (unpaired) electrons. The van der Waals surface area contributed by atoms with Crippen LogP contribution in [0.5, 0.6) is 0 Å². The molecule has 0 saturated heterocycles. The van der Waals surface area contributed by atoms with Crippen LogP contribution in [-0.4, -0.2) is 17.1 Å². The van der Waals surface area contributed by atoms with Gasteiger partial charge in [0.15, 0.2) is 5.82 Å². The van der Waals surface area contributed by atoms with E-state index >= 15 is 0 Å². The third-order valence-corrected chi connectivity index (χ3v) is 2.88. The summed E-state index contributed by atoms with van der Waals surface area (Å²) in [5, 5.41) is 9.62. The van der Waals surface area contributed by atoms with Gasteiger partial charge in [-0.3, -0.25) is 4.79 Å². The van der Waals surface area contributed by atoms with Crippen LogP contribution in [0.2, 0.25) is 0 Å². The molecule has 1 amide bonds. The van der Waals surface area contributed by atoms with Gasteiger partial charge in [0.2, 0.25) is 5.91 Å². The van der Waals surface area contributed by atoms with E-state index in [2.05, 4.69) is 21.9 Å². The Kier molecular flexibility index (Phi) is 4.08. The normalized spacial score (nSPS) is 12.0. The maximum Gasteiger partial charge on any atom is 0.247 e. The minimum absolute atomic E-state index is 0.155. The van der Waals surface area contributed by atoms with Gasteiger partial charge in [-0.15, -0.1) is 0 Å². The average Bonchev–Trinajstić information content (AvgIpc) is 2.73. The van der Waals surface area contributed by atoms with Crippen molar-refractivity contribution in [3.05, 3.63) is 41.2 Å². The molecule has 0 aliphatic heterocycles. The second-order valence-electron chi connectivity index (χ2n) is 5.05. The molecule has 106 valence electrons. The minimum Gasteiger partial charge on any atom is -0.374 e. The topological polar surface area (TPSA) is 67.2 Å². The van der Waals surface area contributed by atoms with Gasteiger partial charge in [-0.05, 0) is 51.0 Å². The van der Waals surface area contributed by atoms with E-state index in [0.717, 1.165) is 16.8 Å². The van der Waals surface area contributed by atoms with Crippen molar-refractivity contribution in [2.45, 2.75) is 33.7 Å². The number of aromatic nitrogens is 1. The van der Waals surface area contributed by atoms with Crippen LogP contribution < -0.4 is 10.6 Å². The van der Waals surface area contributed by atoms with Crippen molar-refractivity contribution >= 4 is 17.4 Å². The zero-order valence-corrected chi connectivity index (χ0v) is 12.2. The summed E-state index contributed by atoms with van der Waals surface area (Å²) in [6.07, 6.45) is 0. The molecule has 0 unspecified atom stereocenters. The lowest BCUT2D eigenvalue weighted by atomic mass is 10.1. The Balaban J connectivity index is 2.00. The van der Waals surface area contributed by atoms with E-state index in [1.54, 1.807) is 19.9 Å². The largest absolute Gasteiger partial charge is 0.374 e. The van der Waals surface area contributed by atoms with Crippen LogP contribution in [-0.2, 0) is 4.79 Å². The number of hydrogen-bond donors (Lipinski definition) is 2. The van der Waals surface area contributed by atoms with Crippen LogP contribution >= 0.6 is 0 Å². The summed E-state index contributed by atoms with van der Waals surface area (Å²) < 4.78 is 4.91. The highest BCUT2D eigenvalue weighted by Crippen LogP contribution is 2.15. The summed E-state index contributed by atoms with van der Waals surface area (Å²) in [5.74, 6) is 0.939. The van der Waals surface area contributed by atoms with E-state index in [1.165, 1.54) is 0 Å². The number of carbonyl (C=O) groups is 1. The second-order valence-corrected chi connectivity index (χ2v) is 5.05. The van der Waals surface area contributed by atoms with Crippen molar-refractivity contribution in [1.29, 1.82) is 0 Å². The average molecular weight is 273 g/mol. The summed E-state index contributed by atoms with van der Waals surface area (Å²) in [5.41, 5.74) is 3.25. The zero-order valence-electron chi connectivity index (χ0n) is 12.2. The highest BCUT2D eigenvalue weighted by atomic mass is 16.5. The van der Waals surface area contributed by atoms with Crippen molar-refractivity contribution in [1.82, 2.24) is 5.16 Å². The first-order chi connectivity index (χ1) is 9.44. The molecular weight excluding hydrogens is 254 g/mol. The molecule has 2 aromatic rings. The summed E-state index contributed by atoms with van der Waals surface area (Å²) >= 11 is 0. The quantitative estimate of drug-likeness (QED) is 0.898. The van der Waals surface area contributed by atoms with Crippen molar-refractivity contribution in [3.63, 3.8) is 0 Å². The van der Waals surface area contributed by atoms with Gasteiger partial charge in [0.1, 0.15) is 11.8 Å². The number of nitrogens with zero attached hydrogens (tertiary/aromatic N) is 1. The molecule has 1 aromatic carbocycles. The third-order valence-electron chi connectivity index (χ3n) is 2.88. The fraction of sp³-hybridized carbons (Fsp3) is 0.333. The lowest BCUT2D eigenvalue weighted by molar-refractivity contribution is -0.116.